The Hall–Kier alpha value is -3.33. The second-order valence-corrected chi connectivity index (χ2v) is 7.31. The van der Waals surface area contributed by atoms with Crippen molar-refractivity contribution >= 4 is 5.91 Å². The van der Waals surface area contributed by atoms with Crippen molar-refractivity contribution in [3.63, 3.8) is 0 Å². The van der Waals surface area contributed by atoms with E-state index in [1.807, 2.05) is 30.3 Å². The van der Waals surface area contributed by atoms with Gasteiger partial charge in [-0.05, 0) is 36.8 Å². The second-order valence-electron chi connectivity index (χ2n) is 7.31. The highest BCUT2D eigenvalue weighted by molar-refractivity contribution is 6.00. The number of aromatic nitrogens is 2. The lowest BCUT2D eigenvalue weighted by atomic mass is 10.1. The van der Waals surface area contributed by atoms with E-state index in [-0.39, 0.29) is 6.61 Å². The fourth-order valence-electron chi connectivity index (χ4n) is 3.10. The zero-order valence-electron chi connectivity index (χ0n) is 17.7. The number of benzene rings is 2. The number of alkyl halides is 3. The molecule has 0 fully saturated rings. The van der Waals surface area contributed by atoms with E-state index in [1.54, 1.807) is 49.2 Å². The van der Waals surface area contributed by atoms with Crippen molar-refractivity contribution in [2.75, 3.05) is 20.3 Å². The summed E-state index contributed by atoms with van der Waals surface area (Å²) in [5.41, 5.74) is 2.50. The van der Waals surface area contributed by atoms with E-state index in [0.717, 1.165) is 5.56 Å². The van der Waals surface area contributed by atoms with E-state index >= 15 is 0 Å². The number of hydrogen-bond donors (Lipinski definition) is 1. The van der Waals surface area contributed by atoms with Crippen molar-refractivity contribution in [3.8, 4) is 17.0 Å². The van der Waals surface area contributed by atoms with Crippen molar-refractivity contribution in [3.05, 3.63) is 71.9 Å². The van der Waals surface area contributed by atoms with Crippen LogP contribution in [-0.2, 0) is 11.3 Å². The molecule has 0 spiro atoms. The summed E-state index contributed by atoms with van der Waals surface area (Å²) in [6.45, 7) is 0.415. The molecular weight excluding hydrogens is 423 g/mol. The van der Waals surface area contributed by atoms with Crippen LogP contribution in [0.1, 0.15) is 22.8 Å². The molecule has 1 atom stereocenters. The molecule has 9 heteroatoms. The number of halogens is 3. The minimum Gasteiger partial charge on any atom is -0.497 e. The maximum Gasteiger partial charge on any atom is 0.411 e. The van der Waals surface area contributed by atoms with Crippen LogP contribution in [0.3, 0.4) is 0 Å². The molecule has 6 nitrogen and oxygen atoms in total. The number of amides is 1. The number of methoxy groups -OCH3 is 1. The lowest BCUT2D eigenvalue weighted by Gasteiger charge is -2.15. The van der Waals surface area contributed by atoms with Crippen molar-refractivity contribution in [2.24, 2.45) is 0 Å². The molecule has 1 N–H and O–H groups in total. The number of nitrogens with zero attached hydrogens (tertiary/aromatic N) is 2. The molecule has 3 aromatic rings. The van der Waals surface area contributed by atoms with E-state index in [1.165, 1.54) is 0 Å². The minimum absolute atomic E-state index is 0.263. The van der Waals surface area contributed by atoms with Gasteiger partial charge in [0.2, 0.25) is 0 Å². The van der Waals surface area contributed by atoms with Crippen LogP contribution in [0.15, 0.2) is 60.8 Å². The molecule has 0 radical (unpaired) electrons. The highest BCUT2D eigenvalue weighted by atomic mass is 19.4. The third-order valence-electron chi connectivity index (χ3n) is 4.57. The predicted molar refractivity (Wildman–Crippen MR) is 114 cm³/mol. The zero-order chi connectivity index (χ0) is 23.1. The van der Waals surface area contributed by atoms with Gasteiger partial charge in [0.05, 0.1) is 25.8 Å². The molecule has 1 amide bonds. The third-order valence-corrected chi connectivity index (χ3v) is 4.57. The first kappa shape index (κ1) is 23.3. The summed E-state index contributed by atoms with van der Waals surface area (Å²) in [6.07, 6.45) is -2.78. The summed E-state index contributed by atoms with van der Waals surface area (Å²) >= 11 is 0. The molecular formula is C23H24F3N3O3. The zero-order valence-corrected chi connectivity index (χ0v) is 17.7. The quantitative estimate of drug-likeness (QED) is 0.531. The van der Waals surface area contributed by atoms with Gasteiger partial charge in [0.15, 0.2) is 0 Å². The van der Waals surface area contributed by atoms with Gasteiger partial charge in [0, 0.05) is 17.8 Å². The van der Waals surface area contributed by atoms with Gasteiger partial charge >= 0.3 is 6.18 Å². The van der Waals surface area contributed by atoms with Crippen LogP contribution in [0.4, 0.5) is 13.2 Å². The number of ether oxygens (including phenoxy) is 2. The molecule has 3 rings (SSSR count). The minimum atomic E-state index is -4.41. The Morgan fingerprint density at radius 1 is 1.12 bits per heavy atom. The normalized spacial score (nSPS) is 12.4. The van der Waals surface area contributed by atoms with Crippen LogP contribution in [0.2, 0.25) is 0 Å². The molecule has 0 aliphatic rings. The molecule has 0 saturated carbocycles. The number of nitrogens with one attached hydrogen (secondary N) is 1. The topological polar surface area (TPSA) is 65.4 Å². The largest absolute Gasteiger partial charge is 0.497 e. The van der Waals surface area contributed by atoms with Gasteiger partial charge in [-0.3, -0.25) is 9.48 Å². The molecule has 2 aromatic carbocycles. The molecule has 1 heterocycles. The summed E-state index contributed by atoms with van der Waals surface area (Å²) in [7, 11) is 1.56. The van der Waals surface area contributed by atoms with Crippen molar-refractivity contribution in [2.45, 2.75) is 25.7 Å². The Morgan fingerprint density at radius 2 is 1.81 bits per heavy atom. The SMILES string of the molecule is COc1ccc(-c2nn(Cc3ccccc3)cc2C(=O)NC(C)COCC(F)(F)F)cc1. The summed E-state index contributed by atoms with van der Waals surface area (Å²) in [5.74, 6) is 0.220. The van der Waals surface area contributed by atoms with E-state index in [0.29, 0.717) is 29.1 Å². The van der Waals surface area contributed by atoms with E-state index in [4.69, 9.17) is 4.74 Å². The maximum atomic E-state index is 12.9. The van der Waals surface area contributed by atoms with Gasteiger partial charge in [-0.25, -0.2) is 0 Å². The van der Waals surface area contributed by atoms with E-state index in [2.05, 4.69) is 15.2 Å². The lowest BCUT2D eigenvalue weighted by Crippen LogP contribution is -2.37. The van der Waals surface area contributed by atoms with Gasteiger partial charge < -0.3 is 14.8 Å². The second kappa shape index (κ2) is 10.3. The van der Waals surface area contributed by atoms with Gasteiger partial charge in [-0.15, -0.1) is 0 Å². The number of rotatable bonds is 9. The standard InChI is InChI=1S/C23H24F3N3O3/c1-16(14-32-15-23(24,25)26)27-22(30)20-13-29(12-17-6-4-3-5-7-17)28-21(20)18-8-10-19(31-2)11-9-18/h3-11,13,16H,12,14-15H2,1-2H3,(H,27,30). The first-order valence-corrected chi connectivity index (χ1v) is 9.96. The van der Waals surface area contributed by atoms with Gasteiger partial charge in [0.1, 0.15) is 18.1 Å². The number of carbonyl (C=O) groups is 1. The molecule has 0 aliphatic heterocycles. The number of carbonyl (C=O) groups excluding carboxylic acids is 1. The first-order valence-electron chi connectivity index (χ1n) is 9.96. The highest BCUT2D eigenvalue weighted by Gasteiger charge is 2.28. The molecule has 1 aromatic heterocycles. The molecule has 1 unspecified atom stereocenters. The number of hydrogen-bond acceptors (Lipinski definition) is 4. The monoisotopic (exact) mass is 447 g/mol. The Labute approximate surface area is 184 Å². The molecule has 0 aliphatic carbocycles. The highest BCUT2D eigenvalue weighted by Crippen LogP contribution is 2.25. The maximum absolute atomic E-state index is 12.9. The Kier molecular flexibility index (Phi) is 7.53. The average Bonchev–Trinajstić information content (AvgIpc) is 3.17. The van der Waals surface area contributed by atoms with Crippen molar-refractivity contribution in [1.82, 2.24) is 15.1 Å². The lowest BCUT2D eigenvalue weighted by molar-refractivity contribution is -0.174. The molecule has 32 heavy (non-hydrogen) atoms. The van der Waals surface area contributed by atoms with Gasteiger partial charge in [-0.1, -0.05) is 30.3 Å². The van der Waals surface area contributed by atoms with Crippen molar-refractivity contribution in [1.29, 1.82) is 0 Å². The average molecular weight is 447 g/mol. The van der Waals surface area contributed by atoms with Crippen LogP contribution in [0, 0.1) is 0 Å². The smallest absolute Gasteiger partial charge is 0.411 e. The predicted octanol–water partition coefficient (Wildman–Crippen LogP) is 4.30. The molecule has 0 saturated heterocycles. The fourth-order valence-corrected chi connectivity index (χ4v) is 3.10. The fraction of sp³-hybridized carbons (Fsp3) is 0.304. The summed E-state index contributed by atoms with van der Waals surface area (Å²) in [5, 5.41) is 7.27. The van der Waals surface area contributed by atoms with Crippen LogP contribution < -0.4 is 10.1 Å². The summed E-state index contributed by atoms with van der Waals surface area (Å²) < 4.78 is 48.3. The summed E-state index contributed by atoms with van der Waals surface area (Å²) in [4.78, 5) is 12.9. The Morgan fingerprint density at radius 3 is 2.44 bits per heavy atom. The first-order chi connectivity index (χ1) is 15.2. The summed E-state index contributed by atoms with van der Waals surface area (Å²) in [6, 6.07) is 16.1. The van der Waals surface area contributed by atoms with Crippen LogP contribution in [-0.4, -0.2) is 48.2 Å². The van der Waals surface area contributed by atoms with Crippen LogP contribution in [0.5, 0.6) is 5.75 Å². The van der Waals surface area contributed by atoms with E-state index in [9.17, 15) is 18.0 Å². The van der Waals surface area contributed by atoms with Crippen LogP contribution >= 0.6 is 0 Å². The third kappa shape index (κ3) is 6.58. The van der Waals surface area contributed by atoms with Crippen LogP contribution in [0.25, 0.3) is 11.3 Å². The Balaban J connectivity index is 1.80. The van der Waals surface area contributed by atoms with E-state index < -0.39 is 24.7 Å². The molecule has 0 bridgehead atoms. The van der Waals surface area contributed by atoms with Crippen molar-refractivity contribution < 1.29 is 27.4 Å². The Bertz CT molecular complexity index is 1020. The molecule has 170 valence electrons. The van der Waals surface area contributed by atoms with Gasteiger partial charge in [0.25, 0.3) is 5.91 Å². The van der Waals surface area contributed by atoms with Gasteiger partial charge in [-0.2, -0.15) is 18.3 Å².